The lowest BCUT2D eigenvalue weighted by atomic mass is 9.80. The summed E-state index contributed by atoms with van der Waals surface area (Å²) in [5, 5.41) is 14.6. The lowest BCUT2D eigenvalue weighted by Crippen LogP contribution is -2.61. The molecule has 1 N–H and O–H groups in total. The standard InChI is InChI=1S/C25H31F3N4O4/c1-3-32-19-10-17(4-5-18(19)11-21(32)35-16-25(26,27)28)13-30-14-24(15-30)12-20(29-36-24)31-8-6-23(2,7-9-31)22(33)34/h4-5,10-11H,3,6-9,12-16H2,1-2H3,(H,33,34). The monoisotopic (exact) mass is 508 g/mol. The number of hydrogen-bond donors (Lipinski definition) is 1. The first-order chi connectivity index (χ1) is 17.0. The zero-order valence-corrected chi connectivity index (χ0v) is 20.5. The first kappa shape index (κ1) is 24.7. The number of aromatic nitrogens is 1. The van der Waals surface area contributed by atoms with E-state index in [1.807, 2.05) is 25.1 Å². The molecule has 0 unspecified atom stereocenters. The Kier molecular flexibility index (Phi) is 6.09. The normalized spacial score (nSPS) is 21.4. The average Bonchev–Trinajstić information content (AvgIpc) is 3.39. The third-order valence-electron chi connectivity index (χ3n) is 7.63. The maximum absolute atomic E-state index is 12.6. The number of carboxylic acid groups (broad SMARTS) is 1. The highest BCUT2D eigenvalue weighted by atomic mass is 19.4. The number of aryl methyl sites for hydroxylation is 1. The van der Waals surface area contributed by atoms with Gasteiger partial charge in [0.15, 0.2) is 18.1 Å². The largest absolute Gasteiger partial charge is 0.481 e. The van der Waals surface area contributed by atoms with Crippen molar-refractivity contribution >= 4 is 22.7 Å². The summed E-state index contributed by atoms with van der Waals surface area (Å²) < 4.78 is 44.7. The van der Waals surface area contributed by atoms with Crippen LogP contribution in [-0.2, 0) is 22.7 Å². The molecular formula is C25H31F3N4O4. The number of hydrogen-bond acceptors (Lipinski definition) is 6. The second-order valence-corrected chi connectivity index (χ2v) is 10.5. The third-order valence-corrected chi connectivity index (χ3v) is 7.63. The number of likely N-dealkylation sites (tertiary alicyclic amines) is 2. The maximum atomic E-state index is 12.6. The summed E-state index contributed by atoms with van der Waals surface area (Å²) in [5.74, 6) is 0.373. The van der Waals surface area contributed by atoms with Crippen LogP contribution in [0.1, 0.15) is 38.7 Å². The van der Waals surface area contributed by atoms with Crippen molar-refractivity contribution in [2.24, 2.45) is 10.6 Å². The van der Waals surface area contributed by atoms with Crippen molar-refractivity contribution in [3.8, 4) is 5.88 Å². The molecule has 2 saturated heterocycles. The van der Waals surface area contributed by atoms with Gasteiger partial charge in [0, 0.05) is 50.7 Å². The van der Waals surface area contributed by atoms with Crippen LogP contribution in [0.15, 0.2) is 29.4 Å². The van der Waals surface area contributed by atoms with Crippen LogP contribution in [0.25, 0.3) is 10.9 Å². The zero-order chi connectivity index (χ0) is 25.7. The molecule has 2 aromatic rings. The van der Waals surface area contributed by atoms with E-state index in [0.717, 1.165) is 35.4 Å². The number of nitrogens with zero attached hydrogens (tertiary/aromatic N) is 4. The number of rotatable bonds is 6. The van der Waals surface area contributed by atoms with E-state index in [1.165, 1.54) is 0 Å². The number of carbonyl (C=O) groups is 1. The molecule has 1 spiro atoms. The van der Waals surface area contributed by atoms with Gasteiger partial charge in [0.25, 0.3) is 0 Å². The van der Waals surface area contributed by atoms with Gasteiger partial charge in [-0.25, -0.2) is 0 Å². The van der Waals surface area contributed by atoms with E-state index >= 15 is 0 Å². The van der Waals surface area contributed by atoms with E-state index in [4.69, 9.17) is 9.57 Å². The van der Waals surface area contributed by atoms with Crippen molar-refractivity contribution in [2.75, 3.05) is 32.8 Å². The highest BCUT2D eigenvalue weighted by molar-refractivity contribution is 5.85. The highest BCUT2D eigenvalue weighted by Crippen LogP contribution is 2.38. The van der Waals surface area contributed by atoms with Crippen LogP contribution >= 0.6 is 0 Å². The van der Waals surface area contributed by atoms with E-state index in [2.05, 4.69) is 15.0 Å². The Bertz CT molecular complexity index is 1180. The first-order valence-electron chi connectivity index (χ1n) is 12.3. The average molecular weight is 509 g/mol. The molecule has 0 amide bonds. The van der Waals surface area contributed by atoms with E-state index in [9.17, 15) is 23.1 Å². The van der Waals surface area contributed by atoms with Crippen LogP contribution in [0.5, 0.6) is 5.88 Å². The Morgan fingerprint density at radius 1 is 1.22 bits per heavy atom. The molecule has 196 valence electrons. The van der Waals surface area contributed by atoms with Crippen LogP contribution in [0.3, 0.4) is 0 Å². The van der Waals surface area contributed by atoms with Gasteiger partial charge in [-0.1, -0.05) is 17.3 Å². The fraction of sp³-hybridized carbons (Fsp3) is 0.600. The SMILES string of the molecule is CCn1c(OCC(F)(F)F)cc2ccc(CN3CC4(CC(N5CCC(C)(C(=O)O)CC5)=NO4)C3)cc21. The predicted molar refractivity (Wildman–Crippen MR) is 127 cm³/mol. The Balaban J connectivity index is 1.17. The van der Waals surface area contributed by atoms with Gasteiger partial charge in [0.1, 0.15) is 5.84 Å². The third kappa shape index (κ3) is 4.72. The number of alkyl halides is 3. The van der Waals surface area contributed by atoms with Gasteiger partial charge >= 0.3 is 12.1 Å². The number of amidine groups is 1. The molecule has 36 heavy (non-hydrogen) atoms. The smallest absolute Gasteiger partial charge is 0.422 e. The number of halogens is 3. The Morgan fingerprint density at radius 3 is 2.58 bits per heavy atom. The molecule has 3 aliphatic rings. The molecule has 3 aliphatic heterocycles. The number of benzene rings is 1. The molecule has 0 atom stereocenters. The molecule has 0 saturated carbocycles. The fourth-order valence-electron chi connectivity index (χ4n) is 5.43. The quantitative estimate of drug-likeness (QED) is 0.634. The summed E-state index contributed by atoms with van der Waals surface area (Å²) in [5.41, 5.74) is 0.903. The van der Waals surface area contributed by atoms with Crippen LogP contribution in [0, 0.1) is 5.41 Å². The van der Waals surface area contributed by atoms with Gasteiger partial charge in [0.2, 0.25) is 0 Å². The minimum atomic E-state index is -4.38. The molecule has 8 nitrogen and oxygen atoms in total. The van der Waals surface area contributed by atoms with Crippen molar-refractivity contribution in [3.63, 3.8) is 0 Å². The zero-order valence-electron chi connectivity index (χ0n) is 20.5. The minimum Gasteiger partial charge on any atom is -0.481 e. The first-order valence-corrected chi connectivity index (χ1v) is 12.3. The van der Waals surface area contributed by atoms with E-state index in [-0.39, 0.29) is 11.5 Å². The van der Waals surface area contributed by atoms with Crippen LogP contribution in [0.2, 0.25) is 0 Å². The summed E-state index contributed by atoms with van der Waals surface area (Å²) in [6, 6.07) is 7.57. The van der Waals surface area contributed by atoms with Crippen molar-refractivity contribution in [3.05, 3.63) is 29.8 Å². The van der Waals surface area contributed by atoms with Gasteiger partial charge in [-0.2, -0.15) is 13.2 Å². The van der Waals surface area contributed by atoms with Crippen molar-refractivity contribution in [2.45, 2.75) is 58.0 Å². The number of carboxylic acids is 1. The summed E-state index contributed by atoms with van der Waals surface area (Å²) in [4.78, 5) is 21.8. The molecule has 1 aromatic carbocycles. The van der Waals surface area contributed by atoms with Crippen molar-refractivity contribution in [1.29, 1.82) is 0 Å². The Labute approximate surface area is 207 Å². The van der Waals surface area contributed by atoms with Gasteiger partial charge in [-0.05, 0) is 38.3 Å². The molecule has 1 aromatic heterocycles. The van der Waals surface area contributed by atoms with E-state index < -0.39 is 24.2 Å². The Hall–Kier alpha value is -2.95. The van der Waals surface area contributed by atoms with Gasteiger partial charge in [-0.3, -0.25) is 9.69 Å². The second-order valence-electron chi connectivity index (χ2n) is 10.5. The number of fused-ring (bicyclic) bond motifs is 1. The van der Waals surface area contributed by atoms with Crippen molar-refractivity contribution in [1.82, 2.24) is 14.4 Å². The van der Waals surface area contributed by atoms with Crippen LogP contribution in [-0.4, -0.2) is 75.8 Å². The molecule has 2 fully saturated rings. The predicted octanol–water partition coefficient (Wildman–Crippen LogP) is 4.08. The van der Waals surface area contributed by atoms with Crippen LogP contribution < -0.4 is 4.74 Å². The molecular weight excluding hydrogens is 477 g/mol. The molecule has 0 aliphatic carbocycles. The Morgan fingerprint density at radius 2 is 1.94 bits per heavy atom. The van der Waals surface area contributed by atoms with Crippen LogP contribution in [0.4, 0.5) is 13.2 Å². The molecule has 0 bridgehead atoms. The number of aliphatic carboxylic acids is 1. The summed E-state index contributed by atoms with van der Waals surface area (Å²) >= 11 is 0. The van der Waals surface area contributed by atoms with Gasteiger partial charge in [-0.15, -0.1) is 0 Å². The van der Waals surface area contributed by atoms with E-state index in [0.29, 0.717) is 45.4 Å². The fourth-order valence-corrected chi connectivity index (χ4v) is 5.43. The molecule has 5 rings (SSSR count). The topological polar surface area (TPSA) is 79.5 Å². The maximum Gasteiger partial charge on any atom is 0.422 e. The highest BCUT2D eigenvalue weighted by Gasteiger charge is 2.51. The molecule has 11 heteroatoms. The van der Waals surface area contributed by atoms with Crippen molar-refractivity contribution < 1.29 is 32.6 Å². The second kappa shape index (κ2) is 8.86. The number of oxime groups is 1. The lowest BCUT2D eigenvalue weighted by molar-refractivity contribution is -0.154. The van der Waals surface area contributed by atoms with Gasteiger partial charge in [0.05, 0.1) is 17.4 Å². The molecule has 0 radical (unpaired) electrons. The van der Waals surface area contributed by atoms with Gasteiger partial charge < -0.3 is 24.1 Å². The summed E-state index contributed by atoms with van der Waals surface area (Å²) in [6.07, 6.45) is -2.49. The lowest BCUT2D eigenvalue weighted by Gasteiger charge is -2.45. The summed E-state index contributed by atoms with van der Waals surface area (Å²) in [7, 11) is 0. The number of ether oxygens (including phenoxy) is 1. The molecule has 4 heterocycles. The minimum absolute atomic E-state index is 0.218. The summed E-state index contributed by atoms with van der Waals surface area (Å²) in [6.45, 7) is 6.36. The number of piperidine rings is 1. The van der Waals surface area contributed by atoms with E-state index in [1.54, 1.807) is 17.6 Å².